The van der Waals surface area contributed by atoms with Crippen LogP contribution in [-0.4, -0.2) is 17.0 Å². The minimum atomic E-state index is -0.0560. The van der Waals surface area contributed by atoms with Crippen LogP contribution in [0.15, 0.2) is 116 Å². The van der Waals surface area contributed by atoms with Crippen molar-refractivity contribution in [1.29, 1.82) is 0 Å². The maximum absolute atomic E-state index is 4.84. The highest BCUT2D eigenvalue weighted by Crippen LogP contribution is 2.50. The average molecular weight is 422 g/mol. The van der Waals surface area contributed by atoms with E-state index in [1.165, 1.54) is 22.4 Å². The van der Waals surface area contributed by atoms with E-state index in [1.807, 2.05) is 24.5 Å². The van der Waals surface area contributed by atoms with Crippen molar-refractivity contribution in [3.05, 3.63) is 116 Å². The first kappa shape index (κ1) is 18.2. The van der Waals surface area contributed by atoms with Crippen molar-refractivity contribution >= 4 is 35.3 Å². The minimum Gasteiger partial charge on any atom is -0.359 e. The fourth-order valence-electron chi connectivity index (χ4n) is 5.13. The number of aromatic nitrogens is 2. The normalized spacial score (nSPS) is 13.3. The summed E-state index contributed by atoms with van der Waals surface area (Å²) in [4.78, 5) is 14.4. The third-order valence-electron chi connectivity index (χ3n) is 6.53. The average Bonchev–Trinajstić information content (AvgIpc) is 3.25. The predicted octanol–water partition coefficient (Wildman–Crippen LogP) is 5.81. The zero-order valence-corrected chi connectivity index (χ0v) is 17.8. The Balaban J connectivity index is 1.48. The van der Waals surface area contributed by atoms with Crippen LogP contribution in [0, 0.1) is 0 Å². The summed E-state index contributed by atoms with van der Waals surface area (Å²) < 4.78 is 0. The molecule has 33 heavy (non-hydrogen) atoms. The van der Waals surface area contributed by atoms with Gasteiger partial charge >= 0.3 is 6.98 Å². The van der Waals surface area contributed by atoms with Gasteiger partial charge in [-0.15, -0.1) is 0 Å². The molecule has 3 aromatic carbocycles. The quantitative estimate of drug-likeness (QED) is 0.336. The summed E-state index contributed by atoms with van der Waals surface area (Å²) >= 11 is 0. The van der Waals surface area contributed by atoms with E-state index < -0.39 is 0 Å². The van der Waals surface area contributed by atoms with Crippen molar-refractivity contribution in [2.75, 3.05) is 9.62 Å². The number of nitrogens with zero attached hydrogens (tertiary/aromatic N) is 4. The standard InChI is InChI=1S/C28H19BN4/c1-2-9-20(10-3-1)21-16-18-30-27(19-21)33-26-15-7-6-14-25(26)32-24-13-5-4-11-22(24)28-23(29(32)33)12-8-17-31-28/h1-19H. The topological polar surface area (TPSA) is 32.3 Å². The van der Waals surface area contributed by atoms with Crippen LogP contribution >= 0.6 is 0 Å². The molecule has 0 amide bonds. The highest BCUT2D eigenvalue weighted by Gasteiger charge is 2.48. The lowest BCUT2D eigenvalue weighted by Crippen LogP contribution is -2.56. The third-order valence-corrected chi connectivity index (χ3v) is 6.53. The molecule has 0 radical (unpaired) electrons. The Morgan fingerprint density at radius 2 is 1.27 bits per heavy atom. The lowest BCUT2D eigenvalue weighted by atomic mass is 9.61. The maximum atomic E-state index is 4.84. The highest BCUT2D eigenvalue weighted by molar-refractivity contribution is 6.86. The fraction of sp³-hybridized carbons (Fsp3) is 0. The van der Waals surface area contributed by atoms with Crippen LogP contribution < -0.4 is 15.1 Å². The largest absolute Gasteiger partial charge is 0.424 e. The second-order valence-electron chi connectivity index (χ2n) is 8.33. The Labute approximate surface area is 192 Å². The number of pyridine rings is 2. The Kier molecular flexibility index (Phi) is 3.90. The van der Waals surface area contributed by atoms with Crippen molar-refractivity contribution in [2.45, 2.75) is 0 Å². The van der Waals surface area contributed by atoms with Gasteiger partial charge in [0.25, 0.3) is 0 Å². The van der Waals surface area contributed by atoms with E-state index >= 15 is 0 Å². The number of para-hydroxylation sites is 3. The van der Waals surface area contributed by atoms with Gasteiger partial charge in [-0.2, -0.15) is 0 Å². The number of anilines is 4. The highest BCUT2D eigenvalue weighted by atomic mass is 15.3. The molecule has 0 unspecified atom stereocenters. The molecule has 4 nitrogen and oxygen atoms in total. The van der Waals surface area contributed by atoms with Gasteiger partial charge in [-0.3, -0.25) is 4.98 Å². The summed E-state index contributed by atoms with van der Waals surface area (Å²) in [5.41, 5.74) is 9.20. The molecule has 2 aliphatic heterocycles. The number of hydrogen-bond acceptors (Lipinski definition) is 4. The van der Waals surface area contributed by atoms with Gasteiger partial charge in [-0.1, -0.05) is 66.7 Å². The van der Waals surface area contributed by atoms with Crippen molar-refractivity contribution < 1.29 is 0 Å². The molecule has 0 atom stereocenters. The fourth-order valence-corrected chi connectivity index (χ4v) is 5.13. The van der Waals surface area contributed by atoms with E-state index in [1.54, 1.807) is 0 Å². The minimum absolute atomic E-state index is 0.0560. The van der Waals surface area contributed by atoms with Crippen molar-refractivity contribution in [1.82, 2.24) is 9.97 Å². The number of benzene rings is 3. The third kappa shape index (κ3) is 2.66. The smallest absolute Gasteiger partial charge is 0.359 e. The van der Waals surface area contributed by atoms with Gasteiger partial charge in [0.05, 0.1) is 17.1 Å². The lowest BCUT2D eigenvalue weighted by molar-refractivity contribution is 1.23. The summed E-state index contributed by atoms with van der Waals surface area (Å²) in [7, 11) is 0. The Morgan fingerprint density at radius 1 is 0.545 bits per heavy atom. The molecule has 154 valence electrons. The van der Waals surface area contributed by atoms with Crippen molar-refractivity contribution in [2.24, 2.45) is 0 Å². The molecule has 5 aromatic rings. The summed E-state index contributed by atoms with van der Waals surface area (Å²) in [6, 6.07) is 36.1. The monoisotopic (exact) mass is 422 g/mol. The molecule has 0 aliphatic carbocycles. The van der Waals surface area contributed by atoms with Gasteiger partial charge in [-0.05, 0) is 53.0 Å². The van der Waals surface area contributed by atoms with Crippen LogP contribution in [0.3, 0.4) is 0 Å². The van der Waals surface area contributed by atoms with E-state index in [9.17, 15) is 0 Å². The van der Waals surface area contributed by atoms with E-state index in [0.29, 0.717) is 0 Å². The molecular formula is C28H19BN4. The predicted molar refractivity (Wildman–Crippen MR) is 135 cm³/mol. The van der Waals surface area contributed by atoms with Crippen LogP contribution in [0.1, 0.15) is 0 Å². The van der Waals surface area contributed by atoms with Gasteiger partial charge in [0.2, 0.25) is 0 Å². The van der Waals surface area contributed by atoms with Crippen LogP contribution in [-0.2, 0) is 0 Å². The van der Waals surface area contributed by atoms with Crippen LogP contribution in [0.25, 0.3) is 22.4 Å². The van der Waals surface area contributed by atoms with Gasteiger partial charge < -0.3 is 9.62 Å². The molecule has 7 rings (SSSR count). The van der Waals surface area contributed by atoms with Gasteiger partial charge in [0, 0.05) is 23.6 Å². The van der Waals surface area contributed by atoms with Gasteiger partial charge in [0.1, 0.15) is 5.82 Å². The molecular weight excluding hydrogens is 403 g/mol. The second kappa shape index (κ2) is 7.07. The Bertz CT molecular complexity index is 1500. The van der Waals surface area contributed by atoms with Crippen LogP contribution in [0.5, 0.6) is 0 Å². The van der Waals surface area contributed by atoms with Crippen LogP contribution in [0.2, 0.25) is 0 Å². The van der Waals surface area contributed by atoms with E-state index in [4.69, 9.17) is 9.97 Å². The zero-order valence-electron chi connectivity index (χ0n) is 17.8. The first-order valence-corrected chi connectivity index (χ1v) is 11.1. The Morgan fingerprint density at radius 3 is 2.12 bits per heavy atom. The number of rotatable bonds is 2. The van der Waals surface area contributed by atoms with Gasteiger partial charge in [-0.25, -0.2) is 4.98 Å². The summed E-state index contributed by atoms with van der Waals surface area (Å²) in [6.45, 7) is -0.0560. The summed E-state index contributed by atoms with van der Waals surface area (Å²) in [5, 5.41) is 0. The summed E-state index contributed by atoms with van der Waals surface area (Å²) in [5.74, 6) is 0.922. The Hall–Kier alpha value is -4.38. The molecule has 5 heteroatoms. The van der Waals surface area contributed by atoms with Crippen LogP contribution in [0.4, 0.5) is 22.9 Å². The SMILES string of the molecule is c1ccc(-c2ccnc(N3B4c5cccnc5-c5ccccc5N4c4ccccc43)c2)cc1. The molecule has 2 aliphatic rings. The van der Waals surface area contributed by atoms with Gasteiger partial charge in [0.15, 0.2) is 0 Å². The molecule has 0 saturated heterocycles. The van der Waals surface area contributed by atoms with E-state index in [2.05, 4.69) is 101 Å². The van der Waals surface area contributed by atoms with E-state index in [-0.39, 0.29) is 6.98 Å². The molecule has 4 heterocycles. The van der Waals surface area contributed by atoms with E-state index in [0.717, 1.165) is 28.3 Å². The molecule has 0 spiro atoms. The maximum Gasteiger partial charge on any atom is 0.424 e. The molecule has 0 N–H and O–H groups in total. The second-order valence-corrected chi connectivity index (χ2v) is 8.33. The lowest BCUT2D eigenvalue weighted by Gasteiger charge is -2.35. The zero-order chi connectivity index (χ0) is 21.8. The first-order chi connectivity index (χ1) is 16.4. The molecule has 0 fully saturated rings. The van der Waals surface area contributed by atoms with Crippen molar-refractivity contribution in [3.63, 3.8) is 0 Å². The first-order valence-electron chi connectivity index (χ1n) is 11.1. The molecule has 0 saturated carbocycles. The summed E-state index contributed by atoms with van der Waals surface area (Å²) in [6.07, 6.45) is 3.79. The molecule has 2 aromatic heterocycles. The number of fused-ring (bicyclic) bond motifs is 8. The molecule has 0 bridgehead atoms. The number of hydrogen-bond donors (Lipinski definition) is 0. The van der Waals surface area contributed by atoms with Crippen molar-refractivity contribution in [3.8, 4) is 22.4 Å².